The Kier molecular flexibility index (Phi) is 2.10. The van der Waals surface area contributed by atoms with Crippen molar-refractivity contribution < 1.29 is 5.11 Å². The second kappa shape index (κ2) is 3.26. The second-order valence-electron chi connectivity index (χ2n) is 3.41. The van der Waals surface area contributed by atoms with Gasteiger partial charge in [0.05, 0.1) is 11.7 Å². The fraction of sp³-hybridized carbons (Fsp3) is 0.400. The van der Waals surface area contributed by atoms with Gasteiger partial charge in [0.25, 0.3) is 0 Å². The smallest absolute Gasteiger partial charge is 0.138 e. The molecule has 3 nitrogen and oxygen atoms in total. The van der Waals surface area contributed by atoms with Crippen molar-refractivity contribution in [3.05, 3.63) is 24.3 Å². The van der Waals surface area contributed by atoms with Gasteiger partial charge in [-0.1, -0.05) is 12.1 Å². The van der Waals surface area contributed by atoms with Gasteiger partial charge in [-0.05, 0) is 12.1 Å². The summed E-state index contributed by atoms with van der Waals surface area (Å²) in [7, 11) is 2.01. The van der Waals surface area contributed by atoms with Crippen LogP contribution in [0.1, 0.15) is 0 Å². The third-order valence-electron chi connectivity index (χ3n) is 2.57. The predicted molar refractivity (Wildman–Crippen MR) is 53.2 cm³/mol. The first-order valence-electron chi connectivity index (χ1n) is 4.50. The summed E-state index contributed by atoms with van der Waals surface area (Å²) in [5, 5.41) is 12.8. The van der Waals surface area contributed by atoms with E-state index in [2.05, 4.69) is 10.2 Å². The summed E-state index contributed by atoms with van der Waals surface area (Å²) in [5.74, 6) is 0.358. The number of anilines is 1. The molecule has 2 rings (SSSR count). The van der Waals surface area contributed by atoms with E-state index >= 15 is 0 Å². The van der Waals surface area contributed by atoms with Crippen molar-refractivity contribution >= 4 is 5.69 Å². The number of hydrogen-bond acceptors (Lipinski definition) is 3. The van der Waals surface area contributed by atoms with Crippen LogP contribution in [0.5, 0.6) is 5.75 Å². The van der Waals surface area contributed by atoms with E-state index in [1.807, 2.05) is 25.2 Å². The van der Waals surface area contributed by atoms with Gasteiger partial charge < -0.3 is 15.3 Å². The average Bonchev–Trinajstić information content (AvgIpc) is 2.01. The summed E-state index contributed by atoms with van der Waals surface area (Å²) in [4.78, 5) is 2.12. The van der Waals surface area contributed by atoms with E-state index in [0.29, 0.717) is 11.8 Å². The topological polar surface area (TPSA) is 35.5 Å². The molecule has 1 aliphatic rings. The Labute approximate surface area is 78.0 Å². The maximum atomic E-state index is 9.59. The molecule has 0 bridgehead atoms. The molecular formula is C10H14N2O. The minimum Gasteiger partial charge on any atom is -0.506 e. The molecule has 1 heterocycles. The van der Waals surface area contributed by atoms with Gasteiger partial charge in [0, 0.05) is 20.1 Å². The van der Waals surface area contributed by atoms with Crippen LogP contribution in [0.3, 0.4) is 0 Å². The van der Waals surface area contributed by atoms with Crippen molar-refractivity contribution in [2.75, 3.05) is 25.0 Å². The zero-order valence-electron chi connectivity index (χ0n) is 7.70. The third kappa shape index (κ3) is 1.47. The first-order valence-corrected chi connectivity index (χ1v) is 4.50. The number of nitrogens with one attached hydrogen (secondary N) is 1. The second-order valence-corrected chi connectivity index (χ2v) is 3.41. The van der Waals surface area contributed by atoms with Gasteiger partial charge in [-0.25, -0.2) is 0 Å². The Morgan fingerprint density at radius 3 is 2.62 bits per heavy atom. The Morgan fingerprint density at radius 2 is 2.08 bits per heavy atom. The van der Waals surface area contributed by atoms with Gasteiger partial charge >= 0.3 is 0 Å². The van der Waals surface area contributed by atoms with E-state index in [0.717, 1.165) is 18.8 Å². The quantitative estimate of drug-likeness (QED) is 0.703. The molecule has 1 aromatic carbocycles. The van der Waals surface area contributed by atoms with Gasteiger partial charge in [-0.3, -0.25) is 0 Å². The molecule has 13 heavy (non-hydrogen) atoms. The maximum Gasteiger partial charge on any atom is 0.138 e. The van der Waals surface area contributed by atoms with Crippen molar-refractivity contribution in [2.24, 2.45) is 0 Å². The number of rotatable bonds is 2. The van der Waals surface area contributed by atoms with E-state index < -0.39 is 0 Å². The summed E-state index contributed by atoms with van der Waals surface area (Å²) in [6, 6.07) is 7.96. The molecule has 0 amide bonds. The van der Waals surface area contributed by atoms with Crippen LogP contribution in [0.2, 0.25) is 0 Å². The highest BCUT2D eigenvalue weighted by Gasteiger charge is 2.22. The third-order valence-corrected chi connectivity index (χ3v) is 2.57. The van der Waals surface area contributed by atoms with Gasteiger partial charge in [0.1, 0.15) is 5.75 Å². The molecule has 0 unspecified atom stereocenters. The summed E-state index contributed by atoms with van der Waals surface area (Å²) in [6.45, 7) is 2.01. The van der Waals surface area contributed by atoms with Crippen LogP contribution < -0.4 is 10.2 Å². The van der Waals surface area contributed by atoms with Gasteiger partial charge in [0.2, 0.25) is 0 Å². The summed E-state index contributed by atoms with van der Waals surface area (Å²) >= 11 is 0. The summed E-state index contributed by atoms with van der Waals surface area (Å²) < 4.78 is 0. The SMILES string of the molecule is CN(c1ccccc1O)C1CNC1. The van der Waals surface area contributed by atoms with Crippen LogP contribution in [-0.2, 0) is 0 Å². The van der Waals surface area contributed by atoms with Gasteiger partial charge in [-0.2, -0.15) is 0 Å². The molecule has 1 aromatic rings. The maximum absolute atomic E-state index is 9.59. The fourth-order valence-corrected chi connectivity index (χ4v) is 1.51. The zero-order chi connectivity index (χ0) is 9.26. The Hall–Kier alpha value is -1.22. The summed E-state index contributed by atoms with van der Waals surface area (Å²) in [6.07, 6.45) is 0. The number of para-hydroxylation sites is 2. The standard InChI is InChI=1S/C10H14N2O/c1-12(8-6-11-7-8)9-4-2-3-5-10(9)13/h2-5,8,11,13H,6-7H2,1H3. The van der Waals surface area contributed by atoms with Crippen molar-refractivity contribution in [2.45, 2.75) is 6.04 Å². The van der Waals surface area contributed by atoms with Crippen molar-refractivity contribution in [1.29, 1.82) is 0 Å². The molecule has 1 aliphatic heterocycles. The Balaban J connectivity index is 2.18. The largest absolute Gasteiger partial charge is 0.506 e. The predicted octanol–water partition coefficient (Wildman–Crippen LogP) is 0.800. The lowest BCUT2D eigenvalue weighted by Gasteiger charge is -2.37. The van der Waals surface area contributed by atoms with E-state index in [1.165, 1.54) is 0 Å². The molecule has 0 aliphatic carbocycles. The molecule has 0 spiro atoms. The van der Waals surface area contributed by atoms with Crippen LogP contribution in [-0.4, -0.2) is 31.3 Å². The zero-order valence-corrected chi connectivity index (χ0v) is 7.70. The van der Waals surface area contributed by atoms with Crippen molar-refractivity contribution in [3.63, 3.8) is 0 Å². The highest BCUT2D eigenvalue weighted by molar-refractivity contribution is 5.58. The molecule has 0 radical (unpaired) electrons. The van der Waals surface area contributed by atoms with E-state index in [9.17, 15) is 5.11 Å². The molecule has 0 atom stereocenters. The minimum absolute atomic E-state index is 0.358. The molecule has 70 valence electrons. The highest BCUT2D eigenvalue weighted by atomic mass is 16.3. The monoisotopic (exact) mass is 178 g/mol. The van der Waals surface area contributed by atoms with Crippen LogP contribution in [0.15, 0.2) is 24.3 Å². The van der Waals surface area contributed by atoms with Gasteiger partial charge in [0.15, 0.2) is 0 Å². The number of likely N-dealkylation sites (N-methyl/N-ethyl adjacent to an activating group) is 1. The number of phenolic OH excluding ortho intramolecular Hbond substituents is 1. The van der Waals surface area contributed by atoms with E-state index in [-0.39, 0.29) is 0 Å². The lowest BCUT2D eigenvalue weighted by atomic mass is 10.1. The number of benzene rings is 1. The molecule has 3 heteroatoms. The number of hydrogen-bond donors (Lipinski definition) is 2. The Morgan fingerprint density at radius 1 is 1.38 bits per heavy atom. The molecule has 1 fully saturated rings. The minimum atomic E-state index is 0.358. The van der Waals surface area contributed by atoms with Crippen LogP contribution in [0, 0.1) is 0 Å². The number of phenols is 1. The van der Waals surface area contributed by atoms with E-state index in [4.69, 9.17) is 0 Å². The number of aromatic hydroxyl groups is 1. The molecule has 0 aromatic heterocycles. The first kappa shape index (κ1) is 8.38. The fourth-order valence-electron chi connectivity index (χ4n) is 1.51. The first-order chi connectivity index (χ1) is 6.29. The molecule has 0 saturated carbocycles. The van der Waals surface area contributed by atoms with Crippen LogP contribution in [0.25, 0.3) is 0 Å². The molecule has 2 N–H and O–H groups in total. The molecule has 1 saturated heterocycles. The average molecular weight is 178 g/mol. The lowest BCUT2D eigenvalue weighted by Crippen LogP contribution is -2.56. The van der Waals surface area contributed by atoms with Crippen LogP contribution in [0.4, 0.5) is 5.69 Å². The lowest BCUT2D eigenvalue weighted by molar-refractivity contribution is 0.419. The Bertz CT molecular complexity index is 297. The van der Waals surface area contributed by atoms with Crippen molar-refractivity contribution in [1.82, 2.24) is 5.32 Å². The van der Waals surface area contributed by atoms with Gasteiger partial charge in [-0.15, -0.1) is 0 Å². The normalized spacial score (nSPS) is 16.7. The van der Waals surface area contributed by atoms with E-state index in [1.54, 1.807) is 6.07 Å². The highest BCUT2D eigenvalue weighted by Crippen LogP contribution is 2.27. The van der Waals surface area contributed by atoms with Crippen molar-refractivity contribution in [3.8, 4) is 5.75 Å². The number of nitrogens with zero attached hydrogens (tertiary/aromatic N) is 1. The van der Waals surface area contributed by atoms with Crippen LogP contribution >= 0.6 is 0 Å². The summed E-state index contributed by atoms with van der Waals surface area (Å²) in [5.41, 5.74) is 0.911. The molecular weight excluding hydrogens is 164 g/mol.